The van der Waals surface area contributed by atoms with Crippen molar-refractivity contribution in [3.8, 4) is 6.07 Å². The second kappa shape index (κ2) is 5.25. The van der Waals surface area contributed by atoms with Crippen molar-refractivity contribution < 1.29 is 9.90 Å². The molecule has 0 aliphatic rings. The number of rotatable bonds is 3. The van der Waals surface area contributed by atoms with E-state index in [-0.39, 0.29) is 16.4 Å². The lowest BCUT2D eigenvalue weighted by Crippen LogP contribution is -2.00. The predicted octanol–water partition coefficient (Wildman–Crippen LogP) is 1.59. The van der Waals surface area contributed by atoms with E-state index in [0.29, 0.717) is 5.03 Å². The molecule has 2 heterocycles. The molecule has 0 unspecified atom stereocenters. The van der Waals surface area contributed by atoms with E-state index in [4.69, 9.17) is 10.4 Å². The lowest BCUT2D eigenvalue weighted by molar-refractivity contribution is 0.0692. The predicted molar refractivity (Wildman–Crippen MR) is 62.1 cm³/mol. The van der Waals surface area contributed by atoms with E-state index < -0.39 is 5.97 Å². The van der Waals surface area contributed by atoms with Crippen LogP contribution in [0.1, 0.15) is 16.1 Å². The lowest BCUT2D eigenvalue weighted by Gasteiger charge is -2.02. The number of nitriles is 1. The zero-order valence-electron chi connectivity index (χ0n) is 8.94. The summed E-state index contributed by atoms with van der Waals surface area (Å²) < 4.78 is 0. The van der Waals surface area contributed by atoms with Gasteiger partial charge in [-0.1, -0.05) is 0 Å². The Morgan fingerprint density at radius 1 is 1.33 bits per heavy atom. The van der Waals surface area contributed by atoms with Crippen molar-refractivity contribution in [2.24, 2.45) is 0 Å². The average molecular weight is 258 g/mol. The number of carboxylic acids is 1. The SMILES string of the molecule is N#Cc1ccnc(Sc2ncccc2C(=O)O)n1. The summed E-state index contributed by atoms with van der Waals surface area (Å²) in [5.74, 6) is -1.07. The molecule has 0 atom stereocenters. The van der Waals surface area contributed by atoms with Crippen LogP contribution in [0.25, 0.3) is 0 Å². The van der Waals surface area contributed by atoms with E-state index in [0.717, 1.165) is 11.8 Å². The molecule has 0 bridgehead atoms. The van der Waals surface area contributed by atoms with Crippen LogP contribution < -0.4 is 0 Å². The van der Waals surface area contributed by atoms with Crippen molar-refractivity contribution in [1.82, 2.24) is 15.0 Å². The number of pyridine rings is 1. The largest absolute Gasteiger partial charge is 0.478 e. The fourth-order valence-electron chi connectivity index (χ4n) is 1.17. The van der Waals surface area contributed by atoms with Crippen molar-refractivity contribution in [1.29, 1.82) is 5.26 Å². The van der Waals surface area contributed by atoms with E-state index in [2.05, 4.69) is 15.0 Å². The monoisotopic (exact) mass is 258 g/mol. The minimum atomic E-state index is -1.07. The number of hydrogen-bond donors (Lipinski definition) is 1. The molecule has 0 radical (unpaired) electrons. The fraction of sp³-hybridized carbons (Fsp3) is 0. The summed E-state index contributed by atoms with van der Waals surface area (Å²) in [4.78, 5) is 22.9. The quantitative estimate of drug-likeness (QED) is 0.834. The molecule has 2 rings (SSSR count). The Labute approximate surface area is 106 Å². The van der Waals surface area contributed by atoms with Crippen LogP contribution in [-0.2, 0) is 0 Å². The van der Waals surface area contributed by atoms with Crippen molar-refractivity contribution in [3.63, 3.8) is 0 Å². The number of aromatic nitrogens is 3. The topological polar surface area (TPSA) is 99.8 Å². The first-order chi connectivity index (χ1) is 8.70. The van der Waals surface area contributed by atoms with Gasteiger partial charge in [-0.3, -0.25) is 0 Å². The molecule has 1 N–H and O–H groups in total. The molecule has 2 aromatic heterocycles. The fourth-order valence-corrected chi connectivity index (χ4v) is 1.98. The van der Waals surface area contributed by atoms with Crippen LogP contribution in [0.3, 0.4) is 0 Å². The van der Waals surface area contributed by atoms with E-state index in [9.17, 15) is 4.79 Å². The zero-order valence-corrected chi connectivity index (χ0v) is 9.76. The molecular formula is C11H6N4O2S. The van der Waals surface area contributed by atoms with Gasteiger partial charge in [-0.25, -0.2) is 19.7 Å². The molecule has 0 spiro atoms. The Kier molecular flexibility index (Phi) is 3.50. The zero-order chi connectivity index (χ0) is 13.0. The Morgan fingerprint density at radius 3 is 2.89 bits per heavy atom. The van der Waals surface area contributed by atoms with E-state index >= 15 is 0 Å². The number of carbonyl (C=O) groups is 1. The van der Waals surface area contributed by atoms with Gasteiger partial charge in [0.05, 0.1) is 5.56 Å². The van der Waals surface area contributed by atoms with Crippen molar-refractivity contribution >= 4 is 17.7 Å². The number of hydrogen-bond acceptors (Lipinski definition) is 6. The summed E-state index contributed by atoms with van der Waals surface area (Å²) in [5, 5.41) is 18.3. The highest BCUT2D eigenvalue weighted by atomic mass is 32.2. The van der Waals surface area contributed by atoms with Gasteiger partial charge in [-0.2, -0.15) is 5.26 Å². The summed E-state index contributed by atoms with van der Waals surface area (Å²) in [7, 11) is 0. The van der Waals surface area contributed by atoms with Crippen molar-refractivity contribution in [2.45, 2.75) is 10.2 Å². The molecule has 0 aliphatic carbocycles. The number of nitrogens with zero attached hydrogens (tertiary/aromatic N) is 4. The van der Waals surface area contributed by atoms with Gasteiger partial charge in [0.2, 0.25) is 0 Å². The Balaban J connectivity index is 2.34. The second-order valence-electron chi connectivity index (χ2n) is 3.10. The maximum Gasteiger partial charge on any atom is 0.338 e. The molecule has 18 heavy (non-hydrogen) atoms. The standard InChI is InChI=1S/C11H6N4O2S/c12-6-7-3-5-14-11(15-7)18-9-8(10(16)17)2-1-4-13-9/h1-5H,(H,16,17). The van der Waals surface area contributed by atoms with E-state index in [1.165, 1.54) is 24.5 Å². The molecule has 2 aromatic rings. The van der Waals surface area contributed by atoms with Crippen LogP contribution in [0.4, 0.5) is 0 Å². The molecule has 6 nitrogen and oxygen atoms in total. The van der Waals surface area contributed by atoms with Gasteiger partial charge < -0.3 is 5.11 Å². The van der Waals surface area contributed by atoms with Gasteiger partial charge in [0, 0.05) is 12.4 Å². The van der Waals surface area contributed by atoms with Crippen molar-refractivity contribution in [3.05, 3.63) is 41.9 Å². The summed E-state index contributed by atoms with van der Waals surface area (Å²) in [6.45, 7) is 0. The van der Waals surface area contributed by atoms with Crippen LogP contribution >= 0.6 is 11.8 Å². The first-order valence-electron chi connectivity index (χ1n) is 4.80. The molecule has 0 amide bonds. The summed E-state index contributed by atoms with van der Waals surface area (Å²) in [6.07, 6.45) is 2.93. The molecule has 0 aromatic carbocycles. The minimum absolute atomic E-state index is 0.0773. The average Bonchev–Trinajstić information content (AvgIpc) is 2.39. The summed E-state index contributed by atoms with van der Waals surface area (Å²) >= 11 is 1.01. The van der Waals surface area contributed by atoms with E-state index in [1.54, 1.807) is 6.07 Å². The normalized spacial score (nSPS) is 9.72. The van der Waals surface area contributed by atoms with Crippen LogP contribution in [0.2, 0.25) is 0 Å². The van der Waals surface area contributed by atoms with Crippen molar-refractivity contribution in [2.75, 3.05) is 0 Å². The molecule has 88 valence electrons. The third-order valence-electron chi connectivity index (χ3n) is 1.94. The summed E-state index contributed by atoms with van der Waals surface area (Å²) in [6, 6.07) is 6.35. The number of aromatic carboxylic acids is 1. The molecule has 0 saturated carbocycles. The van der Waals surface area contributed by atoms with Gasteiger partial charge in [-0.15, -0.1) is 0 Å². The molecular weight excluding hydrogens is 252 g/mol. The lowest BCUT2D eigenvalue weighted by atomic mass is 10.3. The smallest absolute Gasteiger partial charge is 0.338 e. The third-order valence-corrected chi connectivity index (χ3v) is 2.84. The van der Waals surface area contributed by atoms with Crippen LogP contribution in [0.5, 0.6) is 0 Å². The maximum absolute atomic E-state index is 11.0. The van der Waals surface area contributed by atoms with Gasteiger partial charge >= 0.3 is 5.97 Å². The Morgan fingerprint density at radius 2 is 2.17 bits per heavy atom. The third kappa shape index (κ3) is 2.61. The van der Waals surface area contributed by atoms with Gasteiger partial charge in [0.15, 0.2) is 5.16 Å². The summed E-state index contributed by atoms with van der Waals surface area (Å²) in [5.41, 5.74) is 0.300. The molecule has 0 aliphatic heterocycles. The van der Waals surface area contributed by atoms with Gasteiger partial charge in [0.1, 0.15) is 16.8 Å². The highest BCUT2D eigenvalue weighted by Gasteiger charge is 2.13. The number of carboxylic acid groups (broad SMARTS) is 1. The van der Waals surface area contributed by atoms with Crippen LogP contribution in [0.15, 0.2) is 40.8 Å². The molecule has 7 heteroatoms. The highest BCUT2D eigenvalue weighted by Crippen LogP contribution is 2.25. The Bertz CT molecular complexity index is 639. The minimum Gasteiger partial charge on any atom is -0.478 e. The Hall–Kier alpha value is -2.46. The second-order valence-corrected chi connectivity index (χ2v) is 4.06. The first-order valence-corrected chi connectivity index (χ1v) is 5.61. The van der Waals surface area contributed by atoms with E-state index in [1.807, 2.05) is 6.07 Å². The van der Waals surface area contributed by atoms with Gasteiger partial charge in [-0.05, 0) is 30.0 Å². The molecule has 0 fully saturated rings. The van der Waals surface area contributed by atoms with Crippen LogP contribution in [0, 0.1) is 11.3 Å². The van der Waals surface area contributed by atoms with Crippen LogP contribution in [-0.4, -0.2) is 26.0 Å². The molecule has 0 saturated heterocycles. The maximum atomic E-state index is 11.0. The van der Waals surface area contributed by atoms with Gasteiger partial charge in [0.25, 0.3) is 0 Å². The highest BCUT2D eigenvalue weighted by molar-refractivity contribution is 7.99. The first kappa shape index (κ1) is 12.0.